The summed E-state index contributed by atoms with van der Waals surface area (Å²) in [6.07, 6.45) is 0.411. The van der Waals surface area contributed by atoms with Crippen LogP contribution in [-0.4, -0.2) is 43.5 Å². The molecule has 1 unspecified atom stereocenters. The third-order valence-corrected chi connectivity index (χ3v) is 3.81. The minimum atomic E-state index is -0.254. The Kier molecular flexibility index (Phi) is 7.07. The second-order valence-corrected chi connectivity index (χ2v) is 5.28. The Morgan fingerprint density at radius 3 is 2.62 bits per heavy atom. The molecule has 0 heterocycles. The van der Waals surface area contributed by atoms with E-state index in [1.807, 2.05) is 43.9 Å². The van der Waals surface area contributed by atoms with Crippen molar-refractivity contribution in [3.63, 3.8) is 0 Å². The number of ether oxygens (including phenoxy) is 1. The molecular formula is C17H24N2O2. The topological polar surface area (TPSA) is 53.3 Å². The molecule has 0 aliphatic rings. The fraction of sp³-hybridized carbons (Fsp3) is 0.529. The number of carbonyl (C=O) groups excluding carboxylic acids is 1. The Morgan fingerprint density at radius 1 is 1.33 bits per heavy atom. The quantitative estimate of drug-likeness (QED) is 0.690. The lowest BCUT2D eigenvalue weighted by Gasteiger charge is -2.27. The summed E-state index contributed by atoms with van der Waals surface area (Å²) in [5.74, 6) is 0.0899. The van der Waals surface area contributed by atoms with Gasteiger partial charge in [-0.25, -0.2) is 0 Å². The molecule has 4 nitrogen and oxygen atoms in total. The lowest BCUT2D eigenvalue weighted by Crippen LogP contribution is -2.41. The number of rotatable bonds is 8. The van der Waals surface area contributed by atoms with Crippen molar-refractivity contribution in [2.24, 2.45) is 0 Å². The smallest absolute Gasteiger partial charge is 0.179 e. The molecule has 1 aromatic carbocycles. The van der Waals surface area contributed by atoms with E-state index in [0.29, 0.717) is 26.1 Å². The summed E-state index contributed by atoms with van der Waals surface area (Å²) in [5, 5.41) is 8.75. The van der Waals surface area contributed by atoms with Gasteiger partial charge < -0.3 is 4.74 Å². The van der Waals surface area contributed by atoms with Gasteiger partial charge in [-0.1, -0.05) is 12.1 Å². The minimum absolute atomic E-state index is 0.0899. The van der Waals surface area contributed by atoms with Gasteiger partial charge in [0.2, 0.25) is 0 Å². The van der Waals surface area contributed by atoms with Gasteiger partial charge in [-0.15, -0.1) is 0 Å². The van der Waals surface area contributed by atoms with Gasteiger partial charge >= 0.3 is 0 Å². The van der Waals surface area contributed by atoms with E-state index in [9.17, 15) is 4.79 Å². The van der Waals surface area contributed by atoms with Crippen LogP contribution < -0.4 is 0 Å². The number of nitriles is 1. The van der Waals surface area contributed by atoms with Crippen LogP contribution in [0.1, 0.15) is 34.8 Å². The Balaban J connectivity index is 2.85. The number of methoxy groups -OCH3 is 1. The molecule has 0 aliphatic heterocycles. The van der Waals surface area contributed by atoms with Crippen molar-refractivity contribution in [3.05, 3.63) is 34.9 Å². The molecule has 0 amide bonds. The highest BCUT2D eigenvalue weighted by Gasteiger charge is 2.22. The number of carbonyl (C=O) groups is 1. The maximum Gasteiger partial charge on any atom is 0.179 e. The van der Waals surface area contributed by atoms with Gasteiger partial charge in [0.25, 0.3) is 0 Å². The third kappa shape index (κ3) is 4.96. The van der Waals surface area contributed by atoms with Crippen LogP contribution in [0.2, 0.25) is 0 Å². The highest BCUT2D eigenvalue weighted by atomic mass is 16.5. The molecular weight excluding hydrogens is 264 g/mol. The zero-order valence-corrected chi connectivity index (χ0v) is 13.3. The van der Waals surface area contributed by atoms with Crippen molar-refractivity contribution in [2.75, 3.05) is 26.8 Å². The Hall–Kier alpha value is -1.70. The van der Waals surface area contributed by atoms with E-state index in [-0.39, 0.29) is 11.8 Å². The van der Waals surface area contributed by atoms with Gasteiger partial charge in [-0.2, -0.15) is 5.26 Å². The van der Waals surface area contributed by atoms with Crippen molar-refractivity contribution in [3.8, 4) is 6.07 Å². The molecule has 1 aromatic rings. The molecule has 114 valence electrons. The number of hydrogen-bond donors (Lipinski definition) is 0. The van der Waals surface area contributed by atoms with E-state index in [1.54, 1.807) is 7.11 Å². The summed E-state index contributed by atoms with van der Waals surface area (Å²) < 4.78 is 5.09. The van der Waals surface area contributed by atoms with Crippen molar-refractivity contribution in [1.29, 1.82) is 5.26 Å². The lowest BCUT2D eigenvalue weighted by atomic mass is 9.99. The van der Waals surface area contributed by atoms with E-state index in [2.05, 4.69) is 6.07 Å². The third-order valence-electron chi connectivity index (χ3n) is 3.81. The van der Waals surface area contributed by atoms with Crippen LogP contribution in [0.4, 0.5) is 0 Å². The second-order valence-electron chi connectivity index (χ2n) is 5.28. The first-order chi connectivity index (χ1) is 10.0. The van der Waals surface area contributed by atoms with Gasteiger partial charge in [0.1, 0.15) is 0 Å². The highest BCUT2D eigenvalue weighted by Crippen LogP contribution is 2.14. The highest BCUT2D eigenvalue weighted by molar-refractivity contribution is 6.00. The standard InChI is InChI=1S/C17H24N2O2/c1-13-6-7-16(12-14(13)2)17(20)15(3)19(9-5-8-18)10-11-21-4/h6-7,12,15H,5,9-11H2,1-4H3. The summed E-state index contributed by atoms with van der Waals surface area (Å²) in [7, 11) is 1.64. The Labute approximate surface area is 127 Å². The molecule has 0 saturated heterocycles. The SMILES string of the molecule is COCCN(CCC#N)C(C)C(=O)c1ccc(C)c(C)c1. The normalized spacial score (nSPS) is 12.2. The van der Waals surface area contributed by atoms with Gasteiger partial charge in [0, 0.05) is 32.2 Å². The molecule has 4 heteroatoms. The van der Waals surface area contributed by atoms with Crippen LogP contribution in [0, 0.1) is 25.2 Å². The number of ketones is 1. The van der Waals surface area contributed by atoms with Crippen molar-refractivity contribution in [2.45, 2.75) is 33.2 Å². The van der Waals surface area contributed by atoms with Crippen LogP contribution in [0.3, 0.4) is 0 Å². The molecule has 0 N–H and O–H groups in total. The predicted octanol–water partition coefficient (Wildman–Crippen LogP) is 2.74. The van der Waals surface area contributed by atoms with E-state index in [4.69, 9.17) is 10.00 Å². The van der Waals surface area contributed by atoms with Crippen molar-refractivity contribution < 1.29 is 9.53 Å². The van der Waals surface area contributed by atoms with Crippen LogP contribution >= 0.6 is 0 Å². The first kappa shape index (κ1) is 17.4. The maximum absolute atomic E-state index is 12.6. The number of nitrogens with zero attached hydrogens (tertiary/aromatic N) is 2. The monoisotopic (exact) mass is 288 g/mol. The first-order valence-electron chi connectivity index (χ1n) is 7.22. The summed E-state index contributed by atoms with van der Waals surface area (Å²) in [6.45, 7) is 7.72. The van der Waals surface area contributed by atoms with Gasteiger partial charge in [0.05, 0.1) is 18.7 Å². The van der Waals surface area contributed by atoms with Crippen LogP contribution in [0.5, 0.6) is 0 Å². The fourth-order valence-corrected chi connectivity index (χ4v) is 2.20. The van der Waals surface area contributed by atoms with Crippen molar-refractivity contribution >= 4 is 5.78 Å². The number of benzene rings is 1. The molecule has 21 heavy (non-hydrogen) atoms. The summed E-state index contributed by atoms with van der Waals surface area (Å²) >= 11 is 0. The maximum atomic E-state index is 12.6. The van der Waals surface area contributed by atoms with Crippen LogP contribution in [-0.2, 0) is 4.74 Å². The molecule has 1 rings (SSSR count). The number of aryl methyl sites for hydroxylation is 2. The van der Waals surface area contributed by atoms with E-state index >= 15 is 0 Å². The van der Waals surface area contributed by atoms with Crippen molar-refractivity contribution in [1.82, 2.24) is 4.90 Å². The molecule has 0 bridgehead atoms. The molecule has 0 fully saturated rings. The van der Waals surface area contributed by atoms with Gasteiger partial charge in [0.15, 0.2) is 5.78 Å². The molecule has 0 spiro atoms. The number of Topliss-reactive ketones (excluding diaryl/α,β-unsaturated/α-hetero) is 1. The Morgan fingerprint density at radius 2 is 2.05 bits per heavy atom. The zero-order valence-electron chi connectivity index (χ0n) is 13.3. The largest absolute Gasteiger partial charge is 0.383 e. The summed E-state index contributed by atoms with van der Waals surface area (Å²) in [6, 6.07) is 7.67. The first-order valence-corrected chi connectivity index (χ1v) is 7.22. The molecule has 0 aromatic heterocycles. The van der Waals surface area contributed by atoms with Gasteiger partial charge in [-0.3, -0.25) is 9.69 Å². The molecule has 0 radical (unpaired) electrons. The zero-order chi connectivity index (χ0) is 15.8. The Bertz CT molecular complexity index is 520. The average molecular weight is 288 g/mol. The molecule has 1 atom stereocenters. The van der Waals surface area contributed by atoms with Crippen LogP contribution in [0.25, 0.3) is 0 Å². The van der Waals surface area contributed by atoms with E-state index in [0.717, 1.165) is 11.1 Å². The fourth-order valence-electron chi connectivity index (χ4n) is 2.20. The van der Waals surface area contributed by atoms with E-state index < -0.39 is 0 Å². The predicted molar refractivity (Wildman–Crippen MR) is 83.4 cm³/mol. The average Bonchev–Trinajstić information content (AvgIpc) is 2.49. The molecule has 0 saturated carbocycles. The minimum Gasteiger partial charge on any atom is -0.383 e. The number of hydrogen-bond acceptors (Lipinski definition) is 4. The molecule has 0 aliphatic carbocycles. The van der Waals surface area contributed by atoms with E-state index in [1.165, 1.54) is 5.56 Å². The summed E-state index contributed by atoms with van der Waals surface area (Å²) in [5.41, 5.74) is 3.03. The second kappa shape index (κ2) is 8.56. The summed E-state index contributed by atoms with van der Waals surface area (Å²) in [4.78, 5) is 14.6. The van der Waals surface area contributed by atoms with Crippen LogP contribution in [0.15, 0.2) is 18.2 Å². The lowest BCUT2D eigenvalue weighted by molar-refractivity contribution is 0.0781. The van der Waals surface area contributed by atoms with Gasteiger partial charge in [-0.05, 0) is 38.0 Å².